The number of oxime groups is 1. The molecule has 1 N–H and O–H groups in total. The molecule has 6 nitrogen and oxygen atoms in total. The van der Waals surface area contributed by atoms with Crippen molar-refractivity contribution in [3.63, 3.8) is 0 Å². The molecule has 2 aromatic carbocycles. The lowest BCUT2D eigenvalue weighted by Gasteiger charge is -2.10. The first-order valence-electron chi connectivity index (χ1n) is 8.39. The van der Waals surface area contributed by atoms with Crippen molar-refractivity contribution in [2.24, 2.45) is 10.1 Å². The number of hydrogen-bond acceptors (Lipinski definition) is 4. The van der Waals surface area contributed by atoms with Gasteiger partial charge >= 0.3 is 6.18 Å². The van der Waals surface area contributed by atoms with Gasteiger partial charge in [-0.3, -0.25) is 9.59 Å². The molecule has 0 unspecified atom stereocenters. The van der Waals surface area contributed by atoms with E-state index in [0.717, 1.165) is 12.1 Å². The van der Waals surface area contributed by atoms with Crippen molar-refractivity contribution in [1.82, 2.24) is 5.32 Å². The van der Waals surface area contributed by atoms with E-state index in [0.29, 0.717) is 0 Å². The number of rotatable bonds is 5. The van der Waals surface area contributed by atoms with Gasteiger partial charge in [0.2, 0.25) is 0 Å². The van der Waals surface area contributed by atoms with E-state index in [1.54, 1.807) is 12.1 Å². The van der Waals surface area contributed by atoms with E-state index >= 15 is 0 Å². The number of alkyl halides is 3. The molecule has 0 saturated carbocycles. The molecule has 0 aliphatic heterocycles. The minimum Gasteiger partial charge on any atom is -0.398 e. The molecule has 152 valence electrons. The van der Waals surface area contributed by atoms with E-state index < -0.39 is 23.6 Å². The topological polar surface area (TPSA) is 80.1 Å². The van der Waals surface area contributed by atoms with E-state index in [1.807, 2.05) is 0 Å². The first-order chi connectivity index (χ1) is 13.7. The van der Waals surface area contributed by atoms with Crippen LogP contribution in [0.2, 0.25) is 0 Å². The summed E-state index contributed by atoms with van der Waals surface area (Å²) in [6.07, 6.45) is -4.51. The van der Waals surface area contributed by atoms with Gasteiger partial charge in [0.1, 0.15) is 7.11 Å². The summed E-state index contributed by atoms with van der Waals surface area (Å²) < 4.78 is 38.7. The number of nitrogens with zero attached hydrogens (tertiary/aromatic N) is 2. The Labute approximate surface area is 165 Å². The van der Waals surface area contributed by atoms with E-state index in [1.165, 1.54) is 45.3 Å². The Kier molecular flexibility index (Phi) is 6.87. The summed E-state index contributed by atoms with van der Waals surface area (Å²) in [4.78, 5) is 33.4. The normalized spacial score (nSPS) is 12.5. The van der Waals surface area contributed by atoms with Crippen molar-refractivity contribution < 1.29 is 27.6 Å². The van der Waals surface area contributed by atoms with Crippen LogP contribution in [0.4, 0.5) is 13.2 Å². The summed E-state index contributed by atoms with van der Waals surface area (Å²) in [6.45, 7) is 1.43. The number of carbonyl (C=O) groups is 2. The number of carbonyl (C=O) groups excluding carboxylic acids is 2. The van der Waals surface area contributed by atoms with Gasteiger partial charge in [-0.1, -0.05) is 35.5 Å². The molecule has 2 aromatic rings. The molecule has 0 spiro atoms. The minimum atomic E-state index is -4.51. The molecule has 0 aliphatic carbocycles. The Morgan fingerprint density at radius 1 is 1.03 bits per heavy atom. The molecular weight excluding hydrogens is 387 g/mol. The van der Waals surface area contributed by atoms with E-state index in [-0.39, 0.29) is 28.1 Å². The van der Waals surface area contributed by atoms with E-state index in [9.17, 15) is 22.8 Å². The third-order valence-corrected chi connectivity index (χ3v) is 3.91. The number of likely N-dealkylation sites (N-methyl/N-ethyl adjacent to an activating group) is 1. The summed E-state index contributed by atoms with van der Waals surface area (Å²) in [7, 11) is 2.65. The predicted octanol–water partition coefficient (Wildman–Crippen LogP) is 3.45. The fourth-order valence-corrected chi connectivity index (χ4v) is 2.50. The molecule has 2 amide bonds. The summed E-state index contributed by atoms with van der Waals surface area (Å²) in [5.74, 6) is -1.31. The lowest BCUT2D eigenvalue weighted by atomic mass is 10.0. The van der Waals surface area contributed by atoms with E-state index in [4.69, 9.17) is 0 Å². The van der Waals surface area contributed by atoms with Crippen molar-refractivity contribution in [2.75, 3.05) is 14.2 Å². The van der Waals surface area contributed by atoms with Gasteiger partial charge in [-0.05, 0) is 30.7 Å². The number of hydrogen-bond donors (Lipinski definition) is 1. The molecule has 2 rings (SSSR count). The molecule has 0 fully saturated rings. The lowest BCUT2D eigenvalue weighted by molar-refractivity contribution is -0.137. The number of halogens is 3. The highest BCUT2D eigenvalue weighted by atomic mass is 19.4. The quantitative estimate of drug-likeness (QED) is 0.611. The van der Waals surface area contributed by atoms with Crippen molar-refractivity contribution >= 4 is 23.2 Å². The average Bonchev–Trinajstić information content (AvgIpc) is 2.70. The van der Waals surface area contributed by atoms with Gasteiger partial charge in [0.15, 0.2) is 5.71 Å². The van der Waals surface area contributed by atoms with Crippen LogP contribution in [0.25, 0.3) is 0 Å². The molecule has 0 radical (unpaired) electrons. The Morgan fingerprint density at radius 2 is 1.69 bits per heavy atom. The Hall–Kier alpha value is -3.49. The maximum absolute atomic E-state index is 12.9. The highest BCUT2D eigenvalue weighted by molar-refractivity contribution is 6.46. The zero-order valence-corrected chi connectivity index (χ0v) is 15.9. The fourth-order valence-electron chi connectivity index (χ4n) is 2.50. The van der Waals surface area contributed by atoms with Gasteiger partial charge in [0.05, 0.1) is 11.1 Å². The van der Waals surface area contributed by atoms with Crippen LogP contribution in [-0.2, 0) is 15.8 Å². The second kappa shape index (κ2) is 9.13. The predicted molar refractivity (Wildman–Crippen MR) is 102 cm³/mol. The molecule has 0 heterocycles. The minimum absolute atomic E-state index is 0.0539. The zero-order chi connectivity index (χ0) is 21.6. The van der Waals surface area contributed by atoms with Crippen molar-refractivity contribution in [3.05, 3.63) is 70.8 Å². The smallest absolute Gasteiger partial charge is 0.398 e. The molecule has 0 aliphatic rings. The maximum Gasteiger partial charge on any atom is 0.416 e. The third kappa shape index (κ3) is 5.28. The van der Waals surface area contributed by atoms with Gasteiger partial charge in [0.25, 0.3) is 11.8 Å². The van der Waals surface area contributed by atoms with Gasteiger partial charge in [-0.2, -0.15) is 13.2 Å². The van der Waals surface area contributed by atoms with Crippen molar-refractivity contribution in [1.29, 1.82) is 0 Å². The van der Waals surface area contributed by atoms with Crippen LogP contribution in [0.1, 0.15) is 34.0 Å². The number of nitrogens with one attached hydrogen (secondary N) is 1. The van der Waals surface area contributed by atoms with Gasteiger partial charge in [-0.15, -0.1) is 0 Å². The summed E-state index contributed by atoms with van der Waals surface area (Å²) in [6, 6.07) is 10.6. The maximum atomic E-state index is 12.9. The molecule has 9 heteroatoms. The van der Waals surface area contributed by atoms with Crippen LogP contribution >= 0.6 is 0 Å². The largest absolute Gasteiger partial charge is 0.416 e. The summed E-state index contributed by atoms with van der Waals surface area (Å²) >= 11 is 0. The molecule has 0 bridgehead atoms. The highest BCUT2D eigenvalue weighted by Crippen LogP contribution is 2.29. The molecule has 0 atom stereocenters. The summed E-state index contributed by atoms with van der Waals surface area (Å²) in [5.41, 5.74) is -0.487. The highest BCUT2D eigenvalue weighted by Gasteiger charge is 2.30. The third-order valence-electron chi connectivity index (χ3n) is 3.91. The van der Waals surface area contributed by atoms with Gasteiger partial charge in [0, 0.05) is 18.3 Å². The standard InChI is InChI=1S/C20H18F3N3O3/c1-12(13-7-6-8-14(11-13)20(21,22)23)25-18(27)16-10-5-4-9-15(16)17(26-29-3)19(28)24-2/h4-11H,1-3H3,(H,24,28)/b25-12?,26-17+. The first kappa shape index (κ1) is 21.8. The van der Waals surface area contributed by atoms with Crippen LogP contribution < -0.4 is 5.32 Å². The second-order valence-corrected chi connectivity index (χ2v) is 5.83. The SMILES string of the molecule is CNC(=O)/C(=N/OC)c1ccccc1C(=O)N=C(C)c1cccc(C(F)(F)F)c1. The van der Waals surface area contributed by atoms with E-state index in [2.05, 4.69) is 20.3 Å². The Bertz CT molecular complexity index is 982. The molecular formula is C20H18F3N3O3. The van der Waals surface area contributed by atoms with Crippen LogP contribution in [-0.4, -0.2) is 37.4 Å². The van der Waals surface area contributed by atoms with Gasteiger partial charge in [-0.25, -0.2) is 4.99 Å². The number of benzene rings is 2. The van der Waals surface area contributed by atoms with Crippen LogP contribution in [0.15, 0.2) is 58.7 Å². The Morgan fingerprint density at radius 3 is 2.28 bits per heavy atom. The molecule has 0 aromatic heterocycles. The Balaban J connectivity index is 2.46. The number of aliphatic imine (C=N–C) groups is 1. The molecule has 0 saturated heterocycles. The monoisotopic (exact) mass is 405 g/mol. The van der Waals surface area contributed by atoms with Crippen LogP contribution in [0.5, 0.6) is 0 Å². The van der Waals surface area contributed by atoms with Crippen molar-refractivity contribution in [3.8, 4) is 0 Å². The number of amides is 2. The van der Waals surface area contributed by atoms with Crippen molar-refractivity contribution in [2.45, 2.75) is 13.1 Å². The van der Waals surface area contributed by atoms with Crippen LogP contribution in [0.3, 0.4) is 0 Å². The van der Waals surface area contributed by atoms with Crippen LogP contribution in [0, 0.1) is 0 Å². The first-order valence-corrected chi connectivity index (χ1v) is 8.39. The average molecular weight is 405 g/mol. The summed E-state index contributed by atoms with van der Waals surface area (Å²) in [5, 5.41) is 6.06. The lowest BCUT2D eigenvalue weighted by Crippen LogP contribution is -2.29. The zero-order valence-electron chi connectivity index (χ0n) is 15.9. The second-order valence-electron chi connectivity index (χ2n) is 5.83. The molecule has 29 heavy (non-hydrogen) atoms. The van der Waals surface area contributed by atoms with Gasteiger partial charge < -0.3 is 10.2 Å². The fraction of sp³-hybridized carbons (Fsp3) is 0.200.